The molecule has 4 rings (SSSR count). The molecule has 1 aliphatic carbocycles. The van der Waals surface area contributed by atoms with Crippen LogP contribution in [0.15, 0.2) is 42.5 Å². The maximum atomic E-state index is 12.7. The van der Waals surface area contributed by atoms with E-state index in [9.17, 15) is 4.79 Å². The van der Waals surface area contributed by atoms with Crippen LogP contribution in [0.25, 0.3) is 11.0 Å². The molecule has 5 nitrogen and oxygen atoms in total. The second-order valence-corrected chi connectivity index (χ2v) is 7.39. The van der Waals surface area contributed by atoms with E-state index in [-0.39, 0.29) is 11.3 Å². The highest BCUT2D eigenvalue weighted by Gasteiger charge is 2.36. The fraction of sp³-hybridized carbons (Fsp3) is 0.350. The highest BCUT2D eigenvalue weighted by atomic mass is 32.1. The molecular weight excluding hydrogens is 346 g/mol. The van der Waals surface area contributed by atoms with Gasteiger partial charge in [0.2, 0.25) is 0 Å². The molecular formula is C20H21N3O2S. The van der Waals surface area contributed by atoms with Gasteiger partial charge < -0.3 is 10.1 Å². The lowest BCUT2D eigenvalue weighted by molar-refractivity contribution is 0.0943. The zero-order valence-corrected chi connectivity index (χ0v) is 15.5. The van der Waals surface area contributed by atoms with Crippen LogP contribution in [-0.4, -0.2) is 28.3 Å². The lowest BCUT2D eigenvalue weighted by atomic mass is 9.78. The fourth-order valence-corrected chi connectivity index (χ4v) is 4.36. The zero-order chi connectivity index (χ0) is 18.0. The molecule has 0 unspecified atom stereocenters. The minimum absolute atomic E-state index is 0.00815. The van der Waals surface area contributed by atoms with Crippen LogP contribution in [0.4, 0.5) is 0 Å². The lowest BCUT2D eigenvalue weighted by Crippen LogP contribution is -2.39. The Hall–Kier alpha value is -2.47. The number of fused-ring (bicyclic) bond motifs is 1. The highest BCUT2D eigenvalue weighted by Crippen LogP contribution is 2.41. The number of aromatic nitrogens is 2. The molecule has 1 fully saturated rings. The first-order chi connectivity index (χ1) is 12.7. The number of carbonyl (C=O) groups excluding carboxylic acids is 1. The summed E-state index contributed by atoms with van der Waals surface area (Å²) in [7, 11) is 1.68. The summed E-state index contributed by atoms with van der Waals surface area (Å²) in [6, 6.07) is 13.7. The Labute approximate surface area is 156 Å². The van der Waals surface area contributed by atoms with Crippen molar-refractivity contribution in [3.05, 3.63) is 53.6 Å². The Balaban J connectivity index is 1.52. The van der Waals surface area contributed by atoms with Gasteiger partial charge in [0.15, 0.2) is 0 Å². The molecule has 3 aromatic rings. The van der Waals surface area contributed by atoms with Gasteiger partial charge in [-0.3, -0.25) is 4.79 Å². The van der Waals surface area contributed by atoms with Crippen LogP contribution < -0.4 is 10.1 Å². The van der Waals surface area contributed by atoms with Gasteiger partial charge in [-0.05, 0) is 48.7 Å². The Morgan fingerprint density at radius 3 is 2.58 bits per heavy atom. The maximum Gasteiger partial charge on any atom is 0.251 e. The summed E-state index contributed by atoms with van der Waals surface area (Å²) in [5, 5.41) is 3.15. The minimum atomic E-state index is -0.0558. The van der Waals surface area contributed by atoms with Crippen molar-refractivity contribution in [3.8, 4) is 5.75 Å². The fourth-order valence-electron chi connectivity index (χ4n) is 3.84. The van der Waals surface area contributed by atoms with Crippen LogP contribution >= 0.6 is 11.7 Å². The molecule has 0 radical (unpaired) electrons. The predicted molar refractivity (Wildman–Crippen MR) is 103 cm³/mol. The van der Waals surface area contributed by atoms with E-state index in [0.717, 1.165) is 41.4 Å². The second kappa shape index (κ2) is 7.03. The van der Waals surface area contributed by atoms with Crippen molar-refractivity contribution in [2.45, 2.75) is 31.1 Å². The monoisotopic (exact) mass is 367 g/mol. The molecule has 26 heavy (non-hydrogen) atoms. The van der Waals surface area contributed by atoms with Gasteiger partial charge in [-0.2, -0.15) is 8.75 Å². The first-order valence-electron chi connectivity index (χ1n) is 8.85. The van der Waals surface area contributed by atoms with Crippen LogP contribution in [0.1, 0.15) is 41.6 Å². The van der Waals surface area contributed by atoms with E-state index in [4.69, 9.17) is 4.74 Å². The topological polar surface area (TPSA) is 64.1 Å². The number of hydrogen-bond acceptors (Lipinski definition) is 5. The first-order valence-corrected chi connectivity index (χ1v) is 9.58. The lowest BCUT2D eigenvalue weighted by Gasteiger charge is -2.30. The average Bonchev–Trinajstić information content (AvgIpc) is 3.35. The quantitative estimate of drug-likeness (QED) is 0.742. The molecule has 1 saturated carbocycles. The largest absolute Gasteiger partial charge is 0.497 e. The normalized spacial score (nSPS) is 15.9. The summed E-state index contributed by atoms with van der Waals surface area (Å²) < 4.78 is 13.7. The standard InChI is InChI=1S/C20H21N3O2S/c1-25-16-7-5-15(6-8-16)20(10-2-3-11-20)13-21-19(24)14-4-9-17-18(12-14)23-26-22-17/h4-9,12H,2-3,10-11,13H2,1H3,(H,21,24). The smallest absolute Gasteiger partial charge is 0.251 e. The van der Waals surface area contributed by atoms with Gasteiger partial charge in [-0.1, -0.05) is 25.0 Å². The van der Waals surface area contributed by atoms with Crippen molar-refractivity contribution < 1.29 is 9.53 Å². The molecule has 1 N–H and O–H groups in total. The van der Waals surface area contributed by atoms with Crippen molar-refractivity contribution in [2.24, 2.45) is 0 Å². The summed E-state index contributed by atoms with van der Waals surface area (Å²) in [6.07, 6.45) is 4.57. The van der Waals surface area contributed by atoms with E-state index in [1.54, 1.807) is 7.11 Å². The van der Waals surface area contributed by atoms with E-state index in [1.807, 2.05) is 30.3 Å². The van der Waals surface area contributed by atoms with E-state index < -0.39 is 0 Å². The van der Waals surface area contributed by atoms with Crippen molar-refractivity contribution in [1.29, 1.82) is 0 Å². The number of hydrogen-bond donors (Lipinski definition) is 1. The van der Waals surface area contributed by atoms with Crippen molar-refractivity contribution in [1.82, 2.24) is 14.1 Å². The third-order valence-electron chi connectivity index (χ3n) is 5.37. The van der Waals surface area contributed by atoms with Gasteiger partial charge in [0.05, 0.1) is 18.8 Å². The number of methoxy groups -OCH3 is 1. The number of ether oxygens (including phenoxy) is 1. The number of nitrogens with zero attached hydrogens (tertiary/aromatic N) is 2. The number of carbonyl (C=O) groups is 1. The number of benzene rings is 2. The molecule has 0 saturated heterocycles. The Bertz CT molecular complexity index is 914. The van der Waals surface area contributed by atoms with E-state index >= 15 is 0 Å². The Morgan fingerprint density at radius 1 is 1.12 bits per heavy atom. The molecule has 0 atom stereocenters. The van der Waals surface area contributed by atoms with Crippen LogP contribution in [0.3, 0.4) is 0 Å². The van der Waals surface area contributed by atoms with Gasteiger partial charge in [-0.25, -0.2) is 0 Å². The maximum absolute atomic E-state index is 12.7. The van der Waals surface area contributed by atoms with Crippen molar-refractivity contribution >= 4 is 28.7 Å². The second-order valence-electron chi connectivity index (χ2n) is 6.87. The van der Waals surface area contributed by atoms with Gasteiger partial charge >= 0.3 is 0 Å². The zero-order valence-electron chi connectivity index (χ0n) is 14.7. The highest BCUT2D eigenvalue weighted by molar-refractivity contribution is 7.00. The van der Waals surface area contributed by atoms with Crippen LogP contribution in [-0.2, 0) is 5.41 Å². The summed E-state index contributed by atoms with van der Waals surface area (Å²) >= 11 is 1.16. The van der Waals surface area contributed by atoms with E-state index in [1.165, 1.54) is 18.4 Å². The molecule has 1 aromatic heterocycles. The molecule has 6 heteroatoms. The molecule has 0 aliphatic heterocycles. The predicted octanol–water partition coefficient (Wildman–Crippen LogP) is 3.94. The summed E-state index contributed by atoms with van der Waals surface area (Å²) in [5.41, 5.74) is 3.52. The first kappa shape index (κ1) is 17.0. The average molecular weight is 367 g/mol. The summed E-state index contributed by atoms with van der Waals surface area (Å²) in [5.74, 6) is 0.802. The minimum Gasteiger partial charge on any atom is -0.497 e. The van der Waals surface area contributed by atoms with Crippen molar-refractivity contribution in [3.63, 3.8) is 0 Å². The third kappa shape index (κ3) is 3.17. The Morgan fingerprint density at radius 2 is 1.85 bits per heavy atom. The molecule has 1 heterocycles. The molecule has 2 aromatic carbocycles. The third-order valence-corrected chi connectivity index (χ3v) is 5.92. The number of amides is 1. The number of nitrogens with one attached hydrogen (secondary N) is 1. The van der Waals surface area contributed by atoms with E-state index in [0.29, 0.717) is 12.1 Å². The molecule has 0 spiro atoms. The Kier molecular flexibility index (Phi) is 4.59. The summed E-state index contributed by atoms with van der Waals surface area (Å²) in [6.45, 7) is 0.644. The molecule has 1 amide bonds. The van der Waals surface area contributed by atoms with E-state index in [2.05, 4.69) is 26.2 Å². The van der Waals surface area contributed by atoms with Crippen molar-refractivity contribution in [2.75, 3.05) is 13.7 Å². The molecule has 134 valence electrons. The van der Waals surface area contributed by atoms with Gasteiger partial charge in [-0.15, -0.1) is 0 Å². The SMILES string of the molecule is COc1ccc(C2(CNC(=O)c3ccc4nsnc4c3)CCCC2)cc1. The van der Waals surface area contributed by atoms with Gasteiger partial charge in [0.1, 0.15) is 16.8 Å². The van der Waals surface area contributed by atoms with Crippen LogP contribution in [0, 0.1) is 0 Å². The molecule has 0 bridgehead atoms. The van der Waals surface area contributed by atoms with Gasteiger partial charge in [0, 0.05) is 17.5 Å². The molecule has 1 aliphatic rings. The van der Waals surface area contributed by atoms with Crippen LogP contribution in [0.5, 0.6) is 5.75 Å². The van der Waals surface area contributed by atoms with Gasteiger partial charge in [0.25, 0.3) is 5.91 Å². The number of rotatable bonds is 5. The summed E-state index contributed by atoms with van der Waals surface area (Å²) in [4.78, 5) is 12.7. The van der Waals surface area contributed by atoms with Crippen LogP contribution in [0.2, 0.25) is 0 Å².